The van der Waals surface area contributed by atoms with Crippen LogP contribution < -0.4 is 16.4 Å². The summed E-state index contributed by atoms with van der Waals surface area (Å²) in [5, 5.41) is 5.87. The maximum atomic E-state index is 12.6. The number of nitrogen functional groups attached to an aromatic ring is 1. The Labute approximate surface area is 163 Å². The number of hydrogen-bond donors (Lipinski definition) is 3. The first-order valence-electron chi connectivity index (χ1n) is 9.35. The summed E-state index contributed by atoms with van der Waals surface area (Å²) < 4.78 is 4.12. The minimum absolute atomic E-state index is 0.119. The average molecular weight is 387 g/mol. The van der Waals surface area contributed by atoms with E-state index in [0.29, 0.717) is 17.3 Å². The van der Waals surface area contributed by atoms with Crippen LogP contribution in [0.1, 0.15) is 63.9 Å². The Kier molecular flexibility index (Phi) is 6.11. The maximum absolute atomic E-state index is 12.6. The molecular formula is C20H26N4O2S. The number of hydrogen-bond acceptors (Lipinski definition) is 5. The predicted molar refractivity (Wildman–Crippen MR) is 108 cm³/mol. The molecule has 6 nitrogen and oxygen atoms in total. The second-order valence-corrected chi connectivity index (χ2v) is 8.06. The number of carbonyl (C=O) groups excluding carboxylic acids is 2. The van der Waals surface area contributed by atoms with Crippen molar-refractivity contribution in [2.45, 2.75) is 52.1 Å². The molecule has 0 radical (unpaired) electrons. The van der Waals surface area contributed by atoms with E-state index in [4.69, 9.17) is 5.73 Å². The molecule has 3 rings (SSSR count). The normalized spacial score (nSPS) is 19.5. The van der Waals surface area contributed by atoms with Crippen molar-refractivity contribution in [3.8, 4) is 0 Å². The minimum Gasteiger partial charge on any atom is -0.395 e. The molecule has 1 aromatic heterocycles. The highest BCUT2D eigenvalue weighted by molar-refractivity contribution is 7.09. The van der Waals surface area contributed by atoms with Crippen molar-refractivity contribution in [1.82, 2.24) is 15.0 Å². The van der Waals surface area contributed by atoms with Gasteiger partial charge in [-0.2, -0.15) is 4.37 Å². The fraction of sp³-hybridized carbons (Fsp3) is 0.450. The molecular weight excluding hydrogens is 360 g/mol. The zero-order valence-electron chi connectivity index (χ0n) is 15.7. The molecule has 1 aliphatic rings. The van der Waals surface area contributed by atoms with Crippen molar-refractivity contribution >= 4 is 29.0 Å². The van der Waals surface area contributed by atoms with Crippen LogP contribution in [0, 0.1) is 12.8 Å². The highest BCUT2D eigenvalue weighted by Gasteiger charge is 2.27. The van der Waals surface area contributed by atoms with Gasteiger partial charge in [-0.05, 0) is 42.8 Å². The summed E-state index contributed by atoms with van der Waals surface area (Å²) in [4.78, 5) is 25.3. The summed E-state index contributed by atoms with van der Waals surface area (Å²) >= 11 is 0.978. The molecule has 1 aromatic carbocycles. The number of anilines is 1. The molecule has 27 heavy (non-hydrogen) atoms. The summed E-state index contributed by atoms with van der Waals surface area (Å²) in [6, 6.07) is 8.07. The van der Waals surface area contributed by atoms with Gasteiger partial charge in [0, 0.05) is 12.6 Å². The molecule has 0 bridgehead atoms. The van der Waals surface area contributed by atoms with Gasteiger partial charge in [0.2, 0.25) is 0 Å². The molecule has 1 heterocycles. The fourth-order valence-corrected chi connectivity index (χ4v) is 4.06. The van der Waals surface area contributed by atoms with E-state index in [0.717, 1.165) is 41.9 Å². The van der Waals surface area contributed by atoms with E-state index in [1.807, 2.05) is 31.2 Å². The van der Waals surface area contributed by atoms with Gasteiger partial charge >= 0.3 is 0 Å². The van der Waals surface area contributed by atoms with Crippen molar-refractivity contribution < 1.29 is 9.59 Å². The number of nitrogens with two attached hydrogens (primary N) is 1. The van der Waals surface area contributed by atoms with Crippen molar-refractivity contribution in [2.24, 2.45) is 5.92 Å². The van der Waals surface area contributed by atoms with Crippen molar-refractivity contribution in [3.63, 3.8) is 0 Å². The first-order valence-corrected chi connectivity index (χ1v) is 10.1. The topological polar surface area (TPSA) is 97.1 Å². The highest BCUT2D eigenvalue weighted by Crippen LogP contribution is 2.26. The molecule has 4 N–H and O–H groups in total. The first-order chi connectivity index (χ1) is 13.0. The summed E-state index contributed by atoms with van der Waals surface area (Å²) in [5.74, 6) is -0.148. The van der Waals surface area contributed by atoms with E-state index in [-0.39, 0.29) is 29.2 Å². The van der Waals surface area contributed by atoms with Crippen molar-refractivity contribution in [2.75, 3.05) is 5.73 Å². The number of nitrogens with one attached hydrogen (secondary N) is 2. The number of amides is 2. The quantitative estimate of drug-likeness (QED) is 0.735. The number of carbonyl (C=O) groups is 2. The van der Waals surface area contributed by atoms with E-state index in [1.165, 1.54) is 6.42 Å². The Morgan fingerprint density at radius 1 is 1.19 bits per heavy atom. The molecule has 1 saturated carbocycles. The SMILES string of the molecule is Cc1ccc(CNC(=O)c2nsc(C(=O)N[C@H]3CCCC[C@@H]3C)c2N)cc1. The number of rotatable bonds is 5. The van der Waals surface area contributed by atoms with Gasteiger partial charge in [0.1, 0.15) is 4.88 Å². The van der Waals surface area contributed by atoms with E-state index in [9.17, 15) is 9.59 Å². The fourth-order valence-electron chi connectivity index (χ4n) is 3.36. The Bertz CT molecular complexity index is 816. The van der Waals surface area contributed by atoms with E-state index in [2.05, 4.69) is 21.9 Å². The molecule has 0 saturated heterocycles. The second kappa shape index (κ2) is 8.52. The molecule has 7 heteroatoms. The van der Waals surface area contributed by atoms with Gasteiger partial charge in [0.15, 0.2) is 5.69 Å². The number of benzene rings is 1. The Morgan fingerprint density at radius 2 is 1.89 bits per heavy atom. The molecule has 2 amide bonds. The van der Waals surface area contributed by atoms with Crippen LogP contribution in [0.4, 0.5) is 5.69 Å². The van der Waals surface area contributed by atoms with Crippen LogP contribution in [0.25, 0.3) is 0 Å². The van der Waals surface area contributed by atoms with Crippen LogP contribution in [0.3, 0.4) is 0 Å². The lowest BCUT2D eigenvalue weighted by Gasteiger charge is -2.29. The zero-order valence-corrected chi connectivity index (χ0v) is 16.6. The van der Waals surface area contributed by atoms with Gasteiger partial charge in [-0.25, -0.2) is 0 Å². The van der Waals surface area contributed by atoms with Crippen LogP contribution in [0.15, 0.2) is 24.3 Å². The Morgan fingerprint density at radius 3 is 2.59 bits per heavy atom. The third-order valence-corrected chi connectivity index (χ3v) is 6.01. The van der Waals surface area contributed by atoms with Gasteiger partial charge in [-0.15, -0.1) is 0 Å². The molecule has 1 aliphatic carbocycles. The summed E-state index contributed by atoms with van der Waals surface area (Å²) in [5.41, 5.74) is 8.49. The lowest BCUT2D eigenvalue weighted by molar-refractivity contribution is 0.0915. The van der Waals surface area contributed by atoms with Gasteiger partial charge < -0.3 is 16.4 Å². The lowest BCUT2D eigenvalue weighted by Crippen LogP contribution is -2.41. The van der Waals surface area contributed by atoms with Gasteiger partial charge in [-0.3, -0.25) is 9.59 Å². The second-order valence-electron chi connectivity index (χ2n) is 7.28. The molecule has 144 valence electrons. The molecule has 1 fully saturated rings. The van der Waals surface area contributed by atoms with Crippen molar-refractivity contribution in [1.29, 1.82) is 0 Å². The van der Waals surface area contributed by atoms with Crippen molar-refractivity contribution in [3.05, 3.63) is 46.0 Å². The molecule has 0 aliphatic heterocycles. The van der Waals surface area contributed by atoms with Crippen LogP contribution in [0.2, 0.25) is 0 Å². The molecule has 0 spiro atoms. The molecule has 2 atom stereocenters. The first kappa shape index (κ1) is 19.4. The third-order valence-electron chi connectivity index (χ3n) is 5.15. The Balaban J connectivity index is 1.62. The summed E-state index contributed by atoms with van der Waals surface area (Å²) in [7, 11) is 0. The van der Waals surface area contributed by atoms with E-state index in [1.54, 1.807) is 0 Å². The number of aryl methyl sites for hydroxylation is 1. The molecule has 0 unspecified atom stereocenters. The van der Waals surface area contributed by atoms with E-state index >= 15 is 0 Å². The molecule has 2 aromatic rings. The predicted octanol–water partition coefficient (Wildman–Crippen LogP) is 3.27. The lowest BCUT2D eigenvalue weighted by atomic mass is 9.86. The maximum Gasteiger partial charge on any atom is 0.273 e. The van der Waals surface area contributed by atoms with Gasteiger partial charge in [0.25, 0.3) is 11.8 Å². The van der Waals surface area contributed by atoms with Gasteiger partial charge in [-0.1, -0.05) is 49.6 Å². The van der Waals surface area contributed by atoms with Crippen LogP contribution in [0.5, 0.6) is 0 Å². The minimum atomic E-state index is -0.366. The standard InChI is InChI=1S/C20H26N4O2S/c1-12-7-9-14(10-8-12)11-22-19(25)17-16(21)18(27-24-17)20(26)23-15-6-4-3-5-13(15)2/h7-10,13,15H,3-6,11,21H2,1-2H3,(H,22,25)(H,23,26)/t13-,15-/m0/s1. The Hall–Kier alpha value is -2.41. The monoisotopic (exact) mass is 386 g/mol. The average Bonchev–Trinajstić information content (AvgIpc) is 3.04. The third kappa shape index (κ3) is 4.66. The largest absolute Gasteiger partial charge is 0.395 e. The van der Waals surface area contributed by atoms with Crippen LogP contribution in [-0.4, -0.2) is 22.2 Å². The summed E-state index contributed by atoms with van der Waals surface area (Å²) in [6.07, 6.45) is 4.44. The van der Waals surface area contributed by atoms with Crippen LogP contribution >= 0.6 is 11.5 Å². The van der Waals surface area contributed by atoms with Crippen LogP contribution in [-0.2, 0) is 6.54 Å². The smallest absolute Gasteiger partial charge is 0.273 e. The zero-order chi connectivity index (χ0) is 19.4. The van der Waals surface area contributed by atoms with E-state index < -0.39 is 0 Å². The number of nitrogens with zero attached hydrogens (tertiary/aromatic N) is 1. The van der Waals surface area contributed by atoms with Gasteiger partial charge in [0.05, 0.1) is 5.69 Å². The number of aromatic nitrogens is 1. The summed E-state index contributed by atoms with van der Waals surface area (Å²) in [6.45, 7) is 4.56. The highest BCUT2D eigenvalue weighted by atomic mass is 32.1.